The number of hydrogen-bond donors (Lipinski definition) is 1. The Labute approximate surface area is 119 Å². The molecule has 0 radical (unpaired) electrons. The number of thioether (sulfide) groups is 1. The molecule has 0 unspecified atom stereocenters. The Hall–Kier alpha value is -1.54. The van der Waals surface area contributed by atoms with Crippen LogP contribution in [0.1, 0.15) is 20.3 Å². The third kappa shape index (κ3) is 2.29. The predicted octanol–water partition coefficient (Wildman–Crippen LogP) is 0.457. The molecular weight excluding hydrogens is 282 g/mol. The van der Waals surface area contributed by atoms with Gasteiger partial charge in [-0.1, -0.05) is 18.7 Å². The van der Waals surface area contributed by atoms with Crippen molar-refractivity contribution in [3.63, 3.8) is 0 Å². The zero-order valence-corrected chi connectivity index (χ0v) is 12.5. The summed E-state index contributed by atoms with van der Waals surface area (Å²) >= 11 is 1.04. The van der Waals surface area contributed by atoms with Crippen molar-refractivity contribution in [1.29, 1.82) is 0 Å². The second kappa shape index (κ2) is 5.84. The number of carbonyl (C=O) groups excluding carboxylic acids is 1. The van der Waals surface area contributed by atoms with Gasteiger partial charge in [-0.25, -0.2) is 4.79 Å². The van der Waals surface area contributed by atoms with Crippen LogP contribution in [-0.4, -0.2) is 27.6 Å². The minimum absolute atomic E-state index is 0.287. The number of rotatable bonds is 4. The number of anilines is 1. The second-order valence-electron chi connectivity index (χ2n) is 4.34. The molecule has 8 heteroatoms. The summed E-state index contributed by atoms with van der Waals surface area (Å²) in [7, 11) is 1.41. The van der Waals surface area contributed by atoms with Crippen LogP contribution in [0.15, 0.2) is 14.5 Å². The van der Waals surface area contributed by atoms with E-state index in [0.717, 1.165) is 18.2 Å². The molecule has 20 heavy (non-hydrogen) atoms. The number of fused-ring (bicyclic) bond motifs is 1. The predicted molar refractivity (Wildman–Crippen MR) is 76.2 cm³/mol. The van der Waals surface area contributed by atoms with Crippen molar-refractivity contribution in [2.24, 2.45) is 0 Å². The van der Waals surface area contributed by atoms with Crippen molar-refractivity contribution in [3.05, 3.63) is 20.8 Å². The minimum Gasteiger partial charge on any atom is -0.360 e. The number of ether oxygens (including phenoxy) is 1. The first-order valence-corrected chi connectivity index (χ1v) is 7.31. The molecular formula is C12H17N3O4S. The summed E-state index contributed by atoms with van der Waals surface area (Å²) in [4.78, 5) is 36.8. The number of nitrogens with one attached hydrogen (secondary N) is 1. The van der Waals surface area contributed by atoms with E-state index in [1.54, 1.807) is 6.92 Å². The SMILES string of the molecule is CCCn1c2c(c(=O)n(CC)c1=O)S[C@H](OC)C(=O)N2. The van der Waals surface area contributed by atoms with Gasteiger partial charge in [-0.3, -0.25) is 18.7 Å². The van der Waals surface area contributed by atoms with Crippen LogP contribution in [0, 0.1) is 0 Å². The molecule has 2 heterocycles. The Kier molecular flexibility index (Phi) is 4.34. The second-order valence-corrected chi connectivity index (χ2v) is 5.41. The van der Waals surface area contributed by atoms with Crippen LogP contribution < -0.4 is 16.6 Å². The topological polar surface area (TPSA) is 82.3 Å². The van der Waals surface area contributed by atoms with Gasteiger partial charge >= 0.3 is 5.69 Å². The van der Waals surface area contributed by atoms with Crippen molar-refractivity contribution < 1.29 is 9.53 Å². The van der Waals surface area contributed by atoms with E-state index in [0.29, 0.717) is 18.0 Å². The number of methoxy groups -OCH3 is 1. The lowest BCUT2D eigenvalue weighted by molar-refractivity contribution is -0.121. The van der Waals surface area contributed by atoms with Crippen molar-refractivity contribution >= 4 is 23.5 Å². The maximum absolute atomic E-state index is 12.3. The summed E-state index contributed by atoms with van der Waals surface area (Å²) in [6.07, 6.45) is 0.725. The van der Waals surface area contributed by atoms with Gasteiger partial charge in [0.15, 0.2) is 5.44 Å². The maximum Gasteiger partial charge on any atom is 0.332 e. The van der Waals surface area contributed by atoms with E-state index in [1.807, 2.05) is 6.92 Å². The summed E-state index contributed by atoms with van der Waals surface area (Å²) < 4.78 is 7.65. The molecule has 1 aromatic heterocycles. The molecule has 7 nitrogen and oxygen atoms in total. The van der Waals surface area contributed by atoms with Gasteiger partial charge in [-0.15, -0.1) is 0 Å². The van der Waals surface area contributed by atoms with Crippen molar-refractivity contribution in [3.8, 4) is 0 Å². The Balaban J connectivity index is 2.71. The van der Waals surface area contributed by atoms with Crippen LogP contribution in [0.5, 0.6) is 0 Å². The highest BCUT2D eigenvalue weighted by atomic mass is 32.2. The lowest BCUT2D eigenvalue weighted by atomic mass is 10.4. The highest BCUT2D eigenvalue weighted by molar-refractivity contribution is 8.00. The van der Waals surface area contributed by atoms with E-state index in [2.05, 4.69) is 5.32 Å². The van der Waals surface area contributed by atoms with Gasteiger partial charge in [0.1, 0.15) is 10.7 Å². The van der Waals surface area contributed by atoms with Crippen LogP contribution >= 0.6 is 11.8 Å². The van der Waals surface area contributed by atoms with Crippen molar-refractivity contribution in [1.82, 2.24) is 9.13 Å². The van der Waals surface area contributed by atoms with Crippen LogP contribution in [0.4, 0.5) is 5.82 Å². The first kappa shape index (κ1) is 14.9. The van der Waals surface area contributed by atoms with Crippen molar-refractivity contribution in [2.75, 3.05) is 12.4 Å². The molecule has 0 spiro atoms. The lowest BCUT2D eigenvalue weighted by Crippen LogP contribution is -2.45. The van der Waals surface area contributed by atoms with E-state index >= 15 is 0 Å². The highest BCUT2D eigenvalue weighted by Gasteiger charge is 2.32. The van der Waals surface area contributed by atoms with E-state index in [1.165, 1.54) is 16.2 Å². The lowest BCUT2D eigenvalue weighted by Gasteiger charge is -2.25. The van der Waals surface area contributed by atoms with Gasteiger partial charge in [-0.2, -0.15) is 0 Å². The first-order valence-electron chi connectivity index (χ1n) is 6.43. The largest absolute Gasteiger partial charge is 0.360 e. The molecule has 2 rings (SSSR count). The number of amides is 1. The molecule has 0 bridgehead atoms. The van der Waals surface area contributed by atoms with Crippen LogP contribution in [0.25, 0.3) is 0 Å². The average Bonchev–Trinajstić information content (AvgIpc) is 2.43. The molecule has 1 aliphatic rings. The van der Waals surface area contributed by atoms with Gasteiger partial charge in [0.05, 0.1) is 0 Å². The van der Waals surface area contributed by atoms with Gasteiger partial charge in [0, 0.05) is 20.2 Å². The molecule has 0 fully saturated rings. The molecule has 110 valence electrons. The normalized spacial score (nSPS) is 17.8. The quantitative estimate of drug-likeness (QED) is 0.873. The summed E-state index contributed by atoms with van der Waals surface area (Å²) in [6.45, 7) is 4.40. The Morgan fingerprint density at radius 3 is 2.50 bits per heavy atom. The van der Waals surface area contributed by atoms with E-state index in [4.69, 9.17) is 4.74 Å². The molecule has 0 saturated heterocycles. The van der Waals surface area contributed by atoms with Crippen LogP contribution in [0.2, 0.25) is 0 Å². The van der Waals surface area contributed by atoms with Gasteiger partial charge in [0.2, 0.25) is 0 Å². The monoisotopic (exact) mass is 299 g/mol. The maximum atomic E-state index is 12.3. The van der Waals surface area contributed by atoms with Crippen LogP contribution in [-0.2, 0) is 22.6 Å². The summed E-state index contributed by atoms with van der Waals surface area (Å²) in [5, 5.41) is 2.61. The standard InChI is InChI=1S/C12H17N3O4S/c1-4-6-15-8-7(10(17)14(5-2)12(15)18)20-11(19-3)9(16)13-8/h11H,4-6H2,1-3H3,(H,13,16)/t11-/m0/s1. The highest BCUT2D eigenvalue weighted by Crippen LogP contribution is 2.32. The zero-order chi connectivity index (χ0) is 14.9. The minimum atomic E-state index is -0.770. The van der Waals surface area contributed by atoms with Crippen molar-refractivity contribution in [2.45, 2.75) is 43.7 Å². The molecule has 1 amide bonds. The molecule has 0 aromatic carbocycles. The van der Waals surface area contributed by atoms with Gasteiger partial charge in [-0.05, 0) is 13.3 Å². The first-order chi connectivity index (χ1) is 9.54. The number of carbonyl (C=O) groups is 1. The number of aromatic nitrogens is 2. The fraction of sp³-hybridized carbons (Fsp3) is 0.583. The molecule has 0 saturated carbocycles. The molecule has 1 atom stereocenters. The summed E-state index contributed by atoms with van der Waals surface area (Å²) in [5.41, 5.74) is -1.55. The van der Waals surface area contributed by atoms with E-state index in [9.17, 15) is 14.4 Å². The fourth-order valence-corrected chi connectivity index (χ4v) is 3.07. The summed E-state index contributed by atoms with van der Waals surface area (Å²) in [6, 6.07) is 0. The van der Waals surface area contributed by atoms with E-state index in [-0.39, 0.29) is 17.3 Å². The smallest absolute Gasteiger partial charge is 0.332 e. The van der Waals surface area contributed by atoms with Gasteiger partial charge < -0.3 is 10.1 Å². The number of hydrogen-bond acceptors (Lipinski definition) is 5. The fourth-order valence-electron chi connectivity index (χ4n) is 2.11. The molecule has 1 aromatic rings. The zero-order valence-electron chi connectivity index (χ0n) is 11.6. The van der Waals surface area contributed by atoms with E-state index < -0.39 is 11.1 Å². The molecule has 0 aliphatic carbocycles. The Morgan fingerprint density at radius 2 is 1.95 bits per heavy atom. The Bertz CT molecular complexity index is 649. The summed E-state index contributed by atoms with van der Waals surface area (Å²) in [5.74, 6) is -0.0715. The van der Waals surface area contributed by atoms with Crippen LogP contribution in [0.3, 0.4) is 0 Å². The Morgan fingerprint density at radius 1 is 1.25 bits per heavy atom. The molecule has 1 N–H and O–H groups in total. The third-order valence-corrected chi connectivity index (χ3v) is 4.27. The third-order valence-electron chi connectivity index (χ3n) is 3.04. The molecule has 1 aliphatic heterocycles. The average molecular weight is 299 g/mol. The number of nitrogens with zero attached hydrogens (tertiary/aromatic N) is 2. The van der Waals surface area contributed by atoms with Gasteiger partial charge in [0.25, 0.3) is 11.5 Å².